The Kier molecular flexibility index (Phi) is 5.45. The largest absolute Gasteiger partial charge is 0.452 e. The zero-order valence-corrected chi connectivity index (χ0v) is 17.4. The van der Waals surface area contributed by atoms with Crippen molar-refractivity contribution >= 4 is 21.4 Å². The van der Waals surface area contributed by atoms with Crippen LogP contribution >= 0.6 is 0 Å². The summed E-state index contributed by atoms with van der Waals surface area (Å²) in [4.78, 5) is 28.4. The van der Waals surface area contributed by atoms with E-state index < -0.39 is 38.4 Å². The number of allylic oxidation sites excluding steroid dienone is 2. The van der Waals surface area contributed by atoms with Gasteiger partial charge in [-0.3, -0.25) is 19.2 Å². The predicted molar refractivity (Wildman–Crippen MR) is 106 cm³/mol. The van der Waals surface area contributed by atoms with E-state index in [4.69, 9.17) is 4.74 Å². The van der Waals surface area contributed by atoms with Gasteiger partial charge in [-0.25, -0.2) is 8.42 Å². The molecule has 0 fully saturated rings. The minimum absolute atomic E-state index is 0.0442. The number of ether oxygens (including phenoxy) is 1. The molecule has 4 rings (SSSR count). The summed E-state index contributed by atoms with van der Waals surface area (Å²) in [5.74, 6) is -1.35. The molecular formula is C20H16N4O7S. The van der Waals surface area contributed by atoms with Crippen molar-refractivity contribution in [2.45, 2.75) is 22.9 Å². The van der Waals surface area contributed by atoms with Crippen molar-refractivity contribution in [1.29, 1.82) is 0 Å². The van der Waals surface area contributed by atoms with E-state index in [9.17, 15) is 23.2 Å². The van der Waals surface area contributed by atoms with Gasteiger partial charge in [-0.05, 0) is 36.1 Å². The second kappa shape index (κ2) is 8.23. The lowest BCUT2D eigenvalue weighted by molar-refractivity contribution is -0.832. The third kappa shape index (κ3) is 3.83. The number of Topliss-reactive ketones (excluding diaryl/α,β-unsaturated/α-hetero) is 1. The second-order valence-electron chi connectivity index (χ2n) is 6.86. The standard InChI is InChI=1S/C20H16N4O7S/c1-12(22-15-10-16(25)17-14(18(15)26)8-5-9-21-17)11-30-19-20(24(27)31-23-19)32(28,29)13-6-3-2-4-7-13/h2-10,12,22H,11H2,1H3. The summed E-state index contributed by atoms with van der Waals surface area (Å²) < 4.78 is 35.4. The van der Waals surface area contributed by atoms with E-state index in [2.05, 4.69) is 20.1 Å². The molecule has 12 heteroatoms. The molecule has 0 bridgehead atoms. The molecule has 164 valence electrons. The number of aromatic nitrogens is 3. The number of pyridine rings is 1. The number of sulfone groups is 1. The molecule has 0 saturated heterocycles. The predicted octanol–water partition coefficient (Wildman–Crippen LogP) is 0.856. The number of ketones is 2. The van der Waals surface area contributed by atoms with E-state index in [-0.39, 0.29) is 33.4 Å². The van der Waals surface area contributed by atoms with Crippen LogP contribution in [0.5, 0.6) is 5.88 Å². The summed E-state index contributed by atoms with van der Waals surface area (Å²) >= 11 is 0. The fourth-order valence-electron chi connectivity index (χ4n) is 3.05. The van der Waals surface area contributed by atoms with Crippen molar-refractivity contribution in [3.05, 3.63) is 76.9 Å². The number of benzene rings is 1. The lowest BCUT2D eigenvalue weighted by Crippen LogP contribution is -2.37. The summed E-state index contributed by atoms with van der Waals surface area (Å²) in [5.41, 5.74) is 0.295. The number of nitrogens with zero attached hydrogens (tertiary/aromatic N) is 3. The molecule has 0 radical (unpaired) electrons. The van der Waals surface area contributed by atoms with Gasteiger partial charge in [0.25, 0.3) is 9.84 Å². The summed E-state index contributed by atoms with van der Waals surface area (Å²) in [6, 6.07) is 9.77. The van der Waals surface area contributed by atoms with Crippen molar-refractivity contribution < 1.29 is 32.3 Å². The number of rotatable bonds is 7. The van der Waals surface area contributed by atoms with Crippen LogP contribution in [0.25, 0.3) is 0 Å². The minimum Gasteiger partial charge on any atom is -0.452 e. The molecule has 2 heterocycles. The molecule has 1 aliphatic carbocycles. The van der Waals surface area contributed by atoms with Gasteiger partial charge >= 0.3 is 10.9 Å². The molecule has 32 heavy (non-hydrogen) atoms. The highest BCUT2D eigenvalue weighted by molar-refractivity contribution is 7.91. The topological polar surface area (TPSA) is 155 Å². The first-order valence-electron chi connectivity index (χ1n) is 9.34. The quantitative estimate of drug-likeness (QED) is 0.506. The van der Waals surface area contributed by atoms with E-state index in [1.54, 1.807) is 19.1 Å². The lowest BCUT2D eigenvalue weighted by atomic mass is 9.97. The smallest absolute Gasteiger partial charge is 0.415 e. The Hall–Kier alpha value is -4.06. The maximum absolute atomic E-state index is 12.8. The maximum atomic E-state index is 12.8. The van der Waals surface area contributed by atoms with Gasteiger partial charge in [-0.2, -0.15) is 0 Å². The number of carbonyl (C=O) groups excluding carboxylic acids is 2. The molecule has 1 aromatic carbocycles. The monoisotopic (exact) mass is 456 g/mol. The summed E-state index contributed by atoms with van der Waals surface area (Å²) in [7, 11) is -4.25. The highest BCUT2D eigenvalue weighted by Crippen LogP contribution is 2.25. The Morgan fingerprint density at radius 3 is 2.69 bits per heavy atom. The molecule has 0 saturated carbocycles. The third-order valence-corrected chi connectivity index (χ3v) is 6.26. The zero-order chi connectivity index (χ0) is 22.9. The highest BCUT2D eigenvalue weighted by atomic mass is 32.2. The van der Waals surface area contributed by atoms with Crippen molar-refractivity contribution in [1.82, 2.24) is 15.5 Å². The van der Waals surface area contributed by atoms with Crippen molar-refractivity contribution in [3.63, 3.8) is 0 Å². The molecule has 2 aromatic heterocycles. The fourth-order valence-corrected chi connectivity index (χ4v) is 4.35. The van der Waals surface area contributed by atoms with Gasteiger partial charge in [0, 0.05) is 12.3 Å². The Morgan fingerprint density at radius 2 is 1.94 bits per heavy atom. The van der Waals surface area contributed by atoms with E-state index in [1.165, 1.54) is 36.5 Å². The Bertz CT molecular complexity index is 1330. The Balaban J connectivity index is 1.49. The average Bonchev–Trinajstić information content (AvgIpc) is 3.17. The molecule has 3 aromatic rings. The highest BCUT2D eigenvalue weighted by Gasteiger charge is 2.36. The third-order valence-electron chi connectivity index (χ3n) is 4.53. The number of fused-ring (bicyclic) bond motifs is 1. The van der Waals surface area contributed by atoms with E-state index in [0.29, 0.717) is 0 Å². The van der Waals surface area contributed by atoms with Crippen LogP contribution in [0.3, 0.4) is 0 Å². The van der Waals surface area contributed by atoms with Crippen molar-refractivity contribution in [3.8, 4) is 5.88 Å². The van der Waals surface area contributed by atoms with E-state index in [1.807, 2.05) is 0 Å². The minimum atomic E-state index is -4.25. The summed E-state index contributed by atoms with van der Waals surface area (Å²) in [6.45, 7) is 1.44. The van der Waals surface area contributed by atoms with Crippen LogP contribution < -0.4 is 15.0 Å². The zero-order valence-electron chi connectivity index (χ0n) is 16.6. The molecule has 0 spiro atoms. The second-order valence-corrected chi connectivity index (χ2v) is 8.73. The first-order valence-corrected chi connectivity index (χ1v) is 10.8. The Morgan fingerprint density at radius 1 is 1.19 bits per heavy atom. The molecule has 1 aliphatic rings. The maximum Gasteiger partial charge on any atom is 0.415 e. The van der Waals surface area contributed by atoms with Crippen LogP contribution in [0, 0.1) is 5.21 Å². The van der Waals surface area contributed by atoms with E-state index >= 15 is 0 Å². The first kappa shape index (κ1) is 21.2. The first-order chi connectivity index (χ1) is 15.3. The molecule has 1 unspecified atom stereocenters. The van der Waals surface area contributed by atoms with Gasteiger partial charge in [-0.1, -0.05) is 18.2 Å². The van der Waals surface area contributed by atoms with Crippen LogP contribution in [-0.2, 0) is 9.84 Å². The van der Waals surface area contributed by atoms with Gasteiger partial charge in [0.1, 0.15) is 12.3 Å². The van der Waals surface area contributed by atoms with Gasteiger partial charge in [-0.15, -0.1) is 0 Å². The molecule has 1 N–H and O–H groups in total. The van der Waals surface area contributed by atoms with Crippen LogP contribution in [0.2, 0.25) is 0 Å². The molecule has 0 amide bonds. The molecule has 1 atom stereocenters. The number of hydrogen-bond acceptors (Lipinski definition) is 10. The van der Waals surface area contributed by atoms with Crippen LogP contribution in [0.15, 0.2) is 75.0 Å². The van der Waals surface area contributed by atoms with Crippen LogP contribution in [0.1, 0.15) is 27.8 Å². The fraction of sp³-hybridized carbons (Fsp3) is 0.150. The van der Waals surface area contributed by atoms with Crippen molar-refractivity contribution in [2.24, 2.45) is 0 Å². The van der Waals surface area contributed by atoms with Crippen LogP contribution in [-0.4, -0.2) is 42.8 Å². The average molecular weight is 456 g/mol. The van der Waals surface area contributed by atoms with Crippen molar-refractivity contribution in [2.75, 3.05) is 6.61 Å². The molecule has 11 nitrogen and oxygen atoms in total. The van der Waals surface area contributed by atoms with Gasteiger partial charge in [0.05, 0.1) is 27.4 Å². The number of carbonyl (C=O) groups is 2. The van der Waals surface area contributed by atoms with E-state index in [0.717, 1.165) is 6.08 Å². The Labute approximate surface area is 181 Å². The summed E-state index contributed by atoms with van der Waals surface area (Å²) in [6.07, 6.45) is 2.56. The lowest BCUT2D eigenvalue weighted by Gasteiger charge is -2.19. The normalized spacial score (nSPS) is 14.5. The SMILES string of the molecule is CC(COc1no[n+]([O-])c1S(=O)(=O)c1ccccc1)NC1=CC(=O)c2ncccc2C1=O. The molecular weight excluding hydrogens is 440 g/mol. The summed E-state index contributed by atoms with van der Waals surface area (Å²) in [5, 5.41) is 17.4. The van der Waals surface area contributed by atoms with Crippen LogP contribution in [0.4, 0.5) is 0 Å². The van der Waals surface area contributed by atoms with Gasteiger partial charge in [0.2, 0.25) is 11.6 Å². The number of hydrogen-bond donors (Lipinski definition) is 1. The van der Waals surface area contributed by atoms with Gasteiger partial charge < -0.3 is 15.3 Å². The van der Waals surface area contributed by atoms with Gasteiger partial charge in [0.15, 0.2) is 0 Å². The number of nitrogens with one attached hydrogen (secondary N) is 1. The molecule has 0 aliphatic heterocycles.